The lowest BCUT2D eigenvalue weighted by Gasteiger charge is -2.35. The van der Waals surface area contributed by atoms with E-state index in [1.807, 2.05) is 0 Å². The normalized spacial score (nSPS) is 25.7. The molecule has 0 aromatic heterocycles. The van der Waals surface area contributed by atoms with Crippen LogP contribution in [0.25, 0.3) is 0 Å². The quantitative estimate of drug-likeness (QED) is 0.626. The summed E-state index contributed by atoms with van der Waals surface area (Å²) in [4.78, 5) is 24.8. The van der Waals surface area contributed by atoms with E-state index in [-0.39, 0.29) is 24.9 Å². The largest absolute Gasteiger partial charge is 0.480 e. The number of sulfonamides is 1. The monoisotopic (exact) mass is 350 g/mol. The van der Waals surface area contributed by atoms with Gasteiger partial charge in [-0.1, -0.05) is 0 Å². The number of aliphatic carboxylic acids is 1. The van der Waals surface area contributed by atoms with Crippen LogP contribution in [0.2, 0.25) is 0 Å². The van der Waals surface area contributed by atoms with Crippen molar-refractivity contribution >= 4 is 21.9 Å². The van der Waals surface area contributed by atoms with E-state index >= 15 is 0 Å². The van der Waals surface area contributed by atoms with E-state index in [0.29, 0.717) is 32.8 Å². The molecule has 10 heteroatoms. The van der Waals surface area contributed by atoms with Gasteiger partial charge in [0, 0.05) is 26.2 Å². The minimum Gasteiger partial charge on any atom is -0.480 e. The molecular formula is C13H22N2O7S. The molecule has 0 saturated carbocycles. The van der Waals surface area contributed by atoms with Gasteiger partial charge in [0.15, 0.2) is 0 Å². The zero-order valence-electron chi connectivity index (χ0n) is 13.0. The van der Waals surface area contributed by atoms with Crippen molar-refractivity contribution in [1.29, 1.82) is 0 Å². The standard InChI is InChI=1S/C13H22N2O7S/c1-23(19,20)15(8-12(16)17)7-11-6-14(3-5-22-11)13(18)10-2-4-21-9-10/h10-11H,2-9H2,1H3,(H,16,17)/t10-,11+/m1/s1. The van der Waals surface area contributed by atoms with Gasteiger partial charge in [0.25, 0.3) is 0 Å². The second-order valence-corrected chi connectivity index (χ2v) is 7.77. The molecule has 0 aliphatic carbocycles. The summed E-state index contributed by atoms with van der Waals surface area (Å²) in [5.74, 6) is -1.40. The molecule has 132 valence electrons. The smallest absolute Gasteiger partial charge is 0.318 e. The van der Waals surface area contributed by atoms with Crippen molar-refractivity contribution in [2.75, 3.05) is 52.3 Å². The van der Waals surface area contributed by atoms with Crippen molar-refractivity contribution in [3.05, 3.63) is 0 Å². The summed E-state index contributed by atoms with van der Waals surface area (Å²) in [5, 5.41) is 8.84. The summed E-state index contributed by atoms with van der Waals surface area (Å²) < 4.78 is 34.9. The highest BCUT2D eigenvalue weighted by Crippen LogP contribution is 2.18. The van der Waals surface area contributed by atoms with Gasteiger partial charge in [-0.25, -0.2) is 8.42 Å². The third kappa shape index (κ3) is 5.13. The maximum atomic E-state index is 12.4. The number of carbonyl (C=O) groups excluding carboxylic acids is 1. The minimum atomic E-state index is -3.66. The topological polar surface area (TPSA) is 113 Å². The van der Waals surface area contributed by atoms with E-state index < -0.39 is 28.6 Å². The summed E-state index contributed by atoms with van der Waals surface area (Å²) >= 11 is 0. The molecule has 2 fully saturated rings. The first-order valence-electron chi connectivity index (χ1n) is 7.42. The summed E-state index contributed by atoms with van der Waals surface area (Å²) in [6, 6.07) is 0. The van der Waals surface area contributed by atoms with Crippen molar-refractivity contribution in [1.82, 2.24) is 9.21 Å². The van der Waals surface area contributed by atoms with Crippen molar-refractivity contribution in [3.63, 3.8) is 0 Å². The highest BCUT2D eigenvalue weighted by molar-refractivity contribution is 7.88. The first-order chi connectivity index (χ1) is 10.8. The molecule has 2 saturated heterocycles. The maximum absolute atomic E-state index is 12.4. The Labute approximate surface area is 135 Å². The second kappa shape index (κ2) is 7.56. The van der Waals surface area contributed by atoms with Gasteiger partial charge in [-0.15, -0.1) is 0 Å². The van der Waals surface area contributed by atoms with Crippen LogP contribution in [0, 0.1) is 5.92 Å². The molecule has 0 aromatic rings. The summed E-state index contributed by atoms with van der Waals surface area (Å²) in [6.45, 7) is 1.28. The van der Waals surface area contributed by atoms with Gasteiger partial charge in [-0.05, 0) is 6.42 Å². The first kappa shape index (κ1) is 18.1. The molecule has 2 aliphatic heterocycles. The number of hydrogen-bond acceptors (Lipinski definition) is 6. The highest BCUT2D eigenvalue weighted by Gasteiger charge is 2.33. The maximum Gasteiger partial charge on any atom is 0.318 e. The van der Waals surface area contributed by atoms with Gasteiger partial charge in [-0.2, -0.15) is 4.31 Å². The number of carbonyl (C=O) groups is 2. The van der Waals surface area contributed by atoms with Crippen LogP contribution in [0.1, 0.15) is 6.42 Å². The van der Waals surface area contributed by atoms with E-state index in [4.69, 9.17) is 14.6 Å². The van der Waals surface area contributed by atoms with Crippen LogP contribution >= 0.6 is 0 Å². The Bertz CT molecular complexity index is 545. The molecule has 0 aromatic carbocycles. The predicted octanol–water partition coefficient (Wildman–Crippen LogP) is -1.40. The molecule has 1 amide bonds. The van der Waals surface area contributed by atoms with Crippen LogP contribution < -0.4 is 0 Å². The van der Waals surface area contributed by atoms with Gasteiger partial charge in [0.05, 0.1) is 31.5 Å². The van der Waals surface area contributed by atoms with Crippen LogP contribution in [0.4, 0.5) is 0 Å². The Morgan fingerprint density at radius 1 is 1.35 bits per heavy atom. The van der Waals surface area contributed by atoms with Crippen LogP contribution in [-0.4, -0.2) is 93.0 Å². The number of carboxylic acids is 1. The van der Waals surface area contributed by atoms with E-state index in [2.05, 4.69) is 0 Å². The number of rotatable bonds is 6. The van der Waals surface area contributed by atoms with Gasteiger partial charge >= 0.3 is 5.97 Å². The molecule has 9 nitrogen and oxygen atoms in total. The number of carboxylic acid groups (broad SMARTS) is 1. The molecular weight excluding hydrogens is 328 g/mol. The van der Waals surface area contributed by atoms with Gasteiger partial charge in [0.2, 0.25) is 15.9 Å². The van der Waals surface area contributed by atoms with Crippen LogP contribution in [0.3, 0.4) is 0 Å². The molecule has 2 aliphatic rings. The molecule has 23 heavy (non-hydrogen) atoms. The number of amides is 1. The Hall–Kier alpha value is -1.23. The zero-order valence-corrected chi connectivity index (χ0v) is 13.8. The summed E-state index contributed by atoms with van der Waals surface area (Å²) in [6.07, 6.45) is 1.11. The summed E-state index contributed by atoms with van der Waals surface area (Å²) in [5.41, 5.74) is 0. The lowest BCUT2D eigenvalue weighted by Crippen LogP contribution is -2.52. The van der Waals surface area contributed by atoms with Crippen LogP contribution in [0.5, 0.6) is 0 Å². The number of morpholine rings is 1. The number of nitrogens with zero attached hydrogens (tertiary/aromatic N) is 2. The molecule has 0 unspecified atom stereocenters. The second-order valence-electron chi connectivity index (χ2n) is 5.79. The van der Waals surface area contributed by atoms with E-state index in [0.717, 1.165) is 10.6 Å². The number of ether oxygens (including phenoxy) is 2. The predicted molar refractivity (Wildman–Crippen MR) is 79.3 cm³/mol. The van der Waals surface area contributed by atoms with Crippen LogP contribution in [-0.2, 0) is 29.1 Å². The van der Waals surface area contributed by atoms with Gasteiger partial charge < -0.3 is 19.5 Å². The Balaban J connectivity index is 1.96. The van der Waals surface area contributed by atoms with Crippen molar-refractivity contribution in [3.8, 4) is 0 Å². The fraction of sp³-hybridized carbons (Fsp3) is 0.846. The third-order valence-corrected chi connectivity index (χ3v) is 5.13. The van der Waals surface area contributed by atoms with E-state index in [9.17, 15) is 18.0 Å². The molecule has 0 spiro atoms. The zero-order chi connectivity index (χ0) is 17.0. The lowest BCUT2D eigenvalue weighted by atomic mass is 10.1. The molecule has 2 atom stereocenters. The molecule has 0 radical (unpaired) electrons. The molecule has 2 heterocycles. The fourth-order valence-electron chi connectivity index (χ4n) is 2.71. The van der Waals surface area contributed by atoms with Crippen molar-refractivity contribution < 1.29 is 32.6 Å². The van der Waals surface area contributed by atoms with Crippen molar-refractivity contribution in [2.24, 2.45) is 5.92 Å². The fourth-order valence-corrected chi connectivity index (χ4v) is 3.49. The highest BCUT2D eigenvalue weighted by atomic mass is 32.2. The SMILES string of the molecule is CS(=O)(=O)N(CC(=O)O)C[C@@H]1CN(C(=O)[C@@H]2CCOC2)CCO1. The minimum absolute atomic E-state index is 0.0139. The average molecular weight is 350 g/mol. The van der Waals surface area contributed by atoms with Gasteiger partial charge in [0.1, 0.15) is 6.54 Å². The Morgan fingerprint density at radius 2 is 2.09 bits per heavy atom. The van der Waals surface area contributed by atoms with Crippen LogP contribution in [0.15, 0.2) is 0 Å². The third-order valence-electron chi connectivity index (χ3n) is 3.92. The summed E-state index contributed by atoms with van der Waals surface area (Å²) in [7, 11) is -3.66. The lowest BCUT2D eigenvalue weighted by molar-refractivity contribution is -0.144. The Morgan fingerprint density at radius 3 is 2.65 bits per heavy atom. The van der Waals surface area contributed by atoms with Crippen molar-refractivity contribution in [2.45, 2.75) is 12.5 Å². The Kier molecular flexibility index (Phi) is 5.95. The first-order valence-corrected chi connectivity index (χ1v) is 9.27. The molecule has 1 N–H and O–H groups in total. The van der Waals surface area contributed by atoms with E-state index in [1.54, 1.807) is 4.90 Å². The number of hydrogen-bond donors (Lipinski definition) is 1. The average Bonchev–Trinajstić information content (AvgIpc) is 2.99. The van der Waals surface area contributed by atoms with E-state index in [1.165, 1.54) is 0 Å². The molecule has 2 rings (SSSR count). The van der Waals surface area contributed by atoms with Gasteiger partial charge in [-0.3, -0.25) is 9.59 Å². The molecule has 0 bridgehead atoms.